The van der Waals surface area contributed by atoms with Crippen LogP contribution in [0.5, 0.6) is 0 Å². The van der Waals surface area contributed by atoms with Crippen LogP contribution in [-0.2, 0) is 11.2 Å². The topological polar surface area (TPSA) is 111 Å². The molecule has 1 aromatic heterocycles. The van der Waals surface area contributed by atoms with Gasteiger partial charge in [0.2, 0.25) is 0 Å². The molecule has 0 radical (unpaired) electrons. The highest BCUT2D eigenvalue weighted by Crippen LogP contribution is 2.30. The molecule has 0 bridgehead atoms. The molecule has 1 amide bonds. The number of nitrogens with one attached hydrogen (secondary N) is 1. The molecule has 1 saturated heterocycles. The van der Waals surface area contributed by atoms with Crippen molar-refractivity contribution in [1.29, 1.82) is 0 Å². The van der Waals surface area contributed by atoms with Crippen LogP contribution in [0.25, 0.3) is 11.1 Å². The first-order valence-electron chi connectivity index (χ1n) is 10.9. The summed E-state index contributed by atoms with van der Waals surface area (Å²) < 4.78 is 11.1. The van der Waals surface area contributed by atoms with Crippen LogP contribution in [-0.4, -0.2) is 42.1 Å². The molecule has 0 aliphatic carbocycles. The summed E-state index contributed by atoms with van der Waals surface area (Å²) in [5, 5.41) is 14.4. The van der Waals surface area contributed by atoms with Gasteiger partial charge < -0.3 is 19.4 Å². The Morgan fingerprint density at radius 2 is 1.82 bits per heavy atom. The first-order valence-corrected chi connectivity index (χ1v) is 10.9. The summed E-state index contributed by atoms with van der Waals surface area (Å²) in [7, 11) is 0. The van der Waals surface area contributed by atoms with E-state index in [-0.39, 0.29) is 11.3 Å². The minimum atomic E-state index is -0.456. The Kier molecular flexibility index (Phi) is 5.92. The molecule has 2 heterocycles. The first-order chi connectivity index (χ1) is 16.6. The van der Waals surface area contributed by atoms with Crippen LogP contribution >= 0.6 is 0 Å². The summed E-state index contributed by atoms with van der Waals surface area (Å²) in [5.41, 5.74) is 3.75. The molecule has 1 fully saturated rings. The zero-order valence-electron chi connectivity index (χ0n) is 18.3. The Balaban J connectivity index is 1.28. The number of hydrogen-bond acceptors (Lipinski definition) is 7. The molecule has 0 spiro atoms. The van der Waals surface area contributed by atoms with Crippen LogP contribution < -0.4 is 10.2 Å². The number of hydrogen-bond donors (Lipinski definition) is 1. The van der Waals surface area contributed by atoms with Gasteiger partial charge in [-0.15, -0.1) is 0 Å². The first kappa shape index (κ1) is 21.6. The van der Waals surface area contributed by atoms with Gasteiger partial charge in [-0.2, -0.15) is 0 Å². The third-order valence-corrected chi connectivity index (χ3v) is 5.69. The second kappa shape index (κ2) is 9.32. The van der Waals surface area contributed by atoms with Crippen molar-refractivity contribution in [3.63, 3.8) is 0 Å². The average molecular weight is 458 g/mol. The predicted octanol–water partition coefficient (Wildman–Crippen LogP) is 4.42. The molecule has 9 nitrogen and oxygen atoms in total. The lowest BCUT2D eigenvalue weighted by Crippen LogP contribution is -2.36. The third-order valence-electron chi connectivity index (χ3n) is 5.69. The number of fused-ring (bicyclic) bond motifs is 1. The summed E-state index contributed by atoms with van der Waals surface area (Å²) in [6, 6.07) is 19.5. The van der Waals surface area contributed by atoms with E-state index in [0.29, 0.717) is 50.0 Å². The van der Waals surface area contributed by atoms with Crippen molar-refractivity contribution >= 4 is 34.1 Å². The number of amides is 1. The average Bonchev–Trinajstić information content (AvgIpc) is 3.27. The standard InChI is InChI=1S/C25H22N4O5/c30-25(18-7-10-21(22(16-18)29(31)32)28-11-13-33-14-12-28)26-19-8-5-17(6-9-19)15-24-27-20-3-1-2-4-23(20)34-24/h1-10,16H,11-15H2,(H,26,30). The van der Waals surface area contributed by atoms with Gasteiger partial charge in [0.25, 0.3) is 11.6 Å². The van der Waals surface area contributed by atoms with Crippen molar-refractivity contribution in [2.45, 2.75) is 6.42 Å². The smallest absolute Gasteiger partial charge is 0.293 e. The van der Waals surface area contributed by atoms with E-state index in [2.05, 4.69) is 10.3 Å². The van der Waals surface area contributed by atoms with E-state index < -0.39 is 10.8 Å². The number of para-hydroxylation sites is 2. The number of rotatable bonds is 6. The number of carbonyl (C=O) groups excluding carboxylic acids is 1. The second-order valence-electron chi connectivity index (χ2n) is 7.96. The largest absolute Gasteiger partial charge is 0.440 e. The highest BCUT2D eigenvalue weighted by molar-refractivity contribution is 6.05. The summed E-state index contributed by atoms with van der Waals surface area (Å²) in [6.07, 6.45) is 0.526. The van der Waals surface area contributed by atoms with Crippen molar-refractivity contribution in [3.8, 4) is 0 Å². The quantitative estimate of drug-likeness (QED) is 0.336. The third kappa shape index (κ3) is 4.60. The van der Waals surface area contributed by atoms with Gasteiger partial charge in [-0.3, -0.25) is 14.9 Å². The molecule has 9 heteroatoms. The second-order valence-corrected chi connectivity index (χ2v) is 7.96. The molecule has 1 N–H and O–H groups in total. The summed E-state index contributed by atoms with van der Waals surface area (Å²) >= 11 is 0. The van der Waals surface area contributed by atoms with E-state index in [1.54, 1.807) is 24.3 Å². The van der Waals surface area contributed by atoms with Crippen LogP contribution in [0.3, 0.4) is 0 Å². The Labute approximate surface area is 195 Å². The SMILES string of the molecule is O=C(Nc1ccc(Cc2nc3ccccc3o2)cc1)c1ccc(N2CCOCC2)c([N+](=O)[O-])c1. The van der Waals surface area contributed by atoms with Gasteiger partial charge in [0.1, 0.15) is 11.2 Å². The Morgan fingerprint density at radius 1 is 1.06 bits per heavy atom. The van der Waals surface area contributed by atoms with Crippen LogP contribution in [0.15, 0.2) is 71.1 Å². The lowest BCUT2D eigenvalue weighted by molar-refractivity contribution is -0.384. The molecular weight excluding hydrogens is 436 g/mol. The fraction of sp³-hybridized carbons (Fsp3) is 0.200. The fourth-order valence-corrected chi connectivity index (χ4v) is 3.96. The maximum absolute atomic E-state index is 12.8. The normalized spacial score (nSPS) is 13.7. The zero-order valence-corrected chi connectivity index (χ0v) is 18.3. The van der Waals surface area contributed by atoms with Crippen molar-refractivity contribution in [2.24, 2.45) is 0 Å². The number of nitro benzene ring substituents is 1. The van der Waals surface area contributed by atoms with Crippen molar-refractivity contribution < 1.29 is 18.9 Å². The van der Waals surface area contributed by atoms with E-state index in [4.69, 9.17) is 9.15 Å². The van der Waals surface area contributed by atoms with E-state index in [9.17, 15) is 14.9 Å². The van der Waals surface area contributed by atoms with Gasteiger partial charge in [-0.25, -0.2) is 4.98 Å². The van der Waals surface area contributed by atoms with Crippen LogP contribution in [0, 0.1) is 10.1 Å². The highest BCUT2D eigenvalue weighted by Gasteiger charge is 2.23. The predicted molar refractivity (Wildman–Crippen MR) is 127 cm³/mol. The molecule has 34 heavy (non-hydrogen) atoms. The molecule has 172 valence electrons. The summed E-state index contributed by atoms with van der Waals surface area (Å²) in [5.74, 6) is 0.203. The van der Waals surface area contributed by atoms with Gasteiger partial charge in [-0.1, -0.05) is 24.3 Å². The number of morpholine rings is 1. The Morgan fingerprint density at radius 3 is 2.56 bits per heavy atom. The molecule has 1 aliphatic heterocycles. The lowest BCUT2D eigenvalue weighted by atomic mass is 10.1. The number of oxazole rings is 1. The number of ether oxygens (including phenoxy) is 1. The van der Waals surface area contributed by atoms with Crippen molar-refractivity contribution in [2.75, 3.05) is 36.5 Å². The maximum atomic E-state index is 12.8. The van der Waals surface area contributed by atoms with E-state index >= 15 is 0 Å². The molecule has 0 atom stereocenters. The van der Waals surface area contributed by atoms with Gasteiger partial charge in [0.05, 0.1) is 18.1 Å². The number of carbonyl (C=O) groups is 1. The molecular formula is C25H22N4O5. The molecule has 1 aliphatic rings. The van der Waals surface area contributed by atoms with E-state index in [0.717, 1.165) is 16.7 Å². The number of nitro groups is 1. The van der Waals surface area contributed by atoms with Crippen molar-refractivity contribution in [3.05, 3.63) is 93.9 Å². The molecule has 0 saturated carbocycles. The molecule has 3 aromatic carbocycles. The summed E-state index contributed by atoms with van der Waals surface area (Å²) in [4.78, 5) is 30.3. The number of anilines is 2. The van der Waals surface area contributed by atoms with Crippen LogP contribution in [0.2, 0.25) is 0 Å². The fourth-order valence-electron chi connectivity index (χ4n) is 3.96. The number of nitrogens with zero attached hydrogens (tertiary/aromatic N) is 3. The monoisotopic (exact) mass is 458 g/mol. The van der Waals surface area contributed by atoms with Crippen molar-refractivity contribution in [1.82, 2.24) is 4.98 Å². The number of benzene rings is 3. The van der Waals surface area contributed by atoms with Gasteiger partial charge in [0, 0.05) is 36.8 Å². The van der Waals surface area contributed by atoms with Gasteiger partial charge in [0.15, 0.2) is 11.5 Å². The van der Waals surface area contributed by atoms with Crippen LogP contribution in [0.1, 0.15) is 21.8 Å². The Bertz CT molecular complexity index is 1310. The van der Waals surface area contributed by atoms with E-state index in [1.165, 1.54) is 6.07 Å². The van der Waals surface area contributed by atoms with Gasteiger partial charge >= 0.3 is 0 Å². The number of aromatic nitrogens is 1. The lowest BCUT2D eigenvalue weighted by Gasteiger charge is -2.28. The molecule has 4 aromatic rings. The van der Waals surface area contributed by atoms with Crippen LogP contribution in [0.4, 0.5) is 17.1 Å². The van der Waals surface area contributed by atoms with E-state index in [1.807, 2.05) is 41.3 Å². The molecule has 0 unspecified atom stereocenters. The minimum absolute atomic E-state index is 0.0942. The molecule has 5 rings (SSSR count). The minimum Gasteiger partial charge on any atom is -0.440 e. The maximum Gasteiger partial charge on any atom is 0.293 e. The summed E-state index contributed by atoms with van der Waals surface area (Å²) in [6.45, 7) is 2.17. The highest BCUT2D eigenvalue weighted by atomic mass is 16.6. The van der Waals surface area contributed by atoms with Gasteiger partial charge in [-0.05, 0) is 42.0 Å². The Hall–Kier alpha value is -4.24. The zero-order chi connectivity index (χ0) is 23.5.